The predicted octanol–water partition coefficient (Wildman–Crippen LogP) is 3.52. The Kier molecular flexibility index (Phi) is 5.62. The number of hydrogen-bond donors (Lipinski definition) is 0. The van der Waals surface area contributed by atoms with Crippen molar-refractivity contribution in [2.24, 2.45) is 0 Å². The number of aromatic nitrogens is 3. The molecular formula is C22H21F3N4O3. The molecule has 1 aliphatic heterocycles. The van der Waals surface area contributed by atoms with Gasteiger partial charge < -0.3 is 14.0 Å². The van der Waals surface area contributed by atoms with Crippen LogP contribution >= 0.6 is 0 Å². The number of carbonyl (C=O) groups excluding carboxylic acids is 2. The number of likely N-dealkylation sites (tertiary alicyclic amines) is 1. The average Bonchev–Trinajstić information content (AvgIpc) is 3.08. The predicted molar refractivity (Wildman–Crippen MR) is 109 cm³/mol. The number of fused-ring (bicyclic) bond motifs is 1. The number of hydrogen-bond acceptors (Lipinski definition) is 5. The monoisotopic (exact) mass is 446 g/mol. The second kappa shape index (κ2) is 8.25. The minimum atomic E-state index is -4.63. The summed E-state index contributed by atoms with van der Waals surface area (Å²) in [6.07, 6.45) is -1.26. The number of carbonyl (C=O) groups is 2. The van der Waals surface area contributed by atoms with Crippen molar-refractivity contribution in [3.8, 4) is 5.75 Å². The zero-order chi connectivity index (χ0) is 23.0. The Bertz CT molecular complexity index is 1180. The van der Waals surface area contributed by atoms with E-state index in [9.17, 15) is 22.8 Å². The van der Waals surface area contributed by atoms with Crippen LogP contribution in [-0.2, 0) is 17.4 Å². The molecule has 10 heteroatoms. The van der Waals surface area contributed by atoms with Crippen molar-refractivity contribution in [2.75, 3.05) is 19.7 Å². The molecule has 0 N–H and O–H groups in total. The Morgan fingerprint density at radius 2 is 1.94 bits per heavy atom. The molecule has 0 aliphatic carbocycles. The van der Waals surface area contributed by atoms with E-state index in [-0.39, 0.29) is 23.9 Å². The van der Waals surface area contributed by atoms with Gasteiger partial charge in [0.2, 0.25) is 5.91 Å². The van der Waals surface area contributed by atoms with Crippen molar-refractivity contribution < 1.29 is 27.5 Å². The van der Waals surface area contributed by atoms with E-state index in [1.807, 2.05) is 6.20 Å². The van der Waals surface area contributed by atoms with Crippen molar-refractivity contribution in [3.05, 3.63) is 59.3 Å². The minimum Gasteiger partial charge on any atom is -0.493 e. The zero-order valence-electron chi connectivity index (χ0n) is 17.5. The summed E-state index contributed by atoms with van der Waals surface area (Å²) >= 11 is 0. The topological polar surface area (TPSA) is 76.8 Å². The second-order valence-corrected chi connectivity index (χ2v) is 7.65. The van der Waals surface area contributed by atoms with Gasteiger partial charge in [-0.05, 0) is 19.1 Å². The Balaban J connectivity index is 1.61. The molecule has 1 amide bonds. The van der Waals surface area contributed by atoms with Gasteiger partial charge in [0, 0.05) is 56.4 Å². The van der Waals surface area contributed by atoms with Gasteiger partial charge in [-0.1, -0.05) is 6.07 Å². The van der Waals surface area contributed by atoms with Crippen LogP contribution in [0.2, 0.25) is 0 Å². The maximum Gasteiger partial charge on any atom is 0.433 e. The van der Waals surface area contributed by atoms with Gasteiger partial charge in [-0.2, -0.15) is 13.2 Å². The van der Waals surface area contributed by atoms with Gasteiger partial charge in [0.05, 0.1) is 12.3 Å². The molecule has 0 atom stereocenters. The third-order valence-corrected chi connectivity index (χ3v) is 5.37. The highest BCUT2D eigenvalue weighted by Crippen LogP contribution is 2.30. The van der Waals surface area contributed by atoms with Crippen LogP contribution < -0.4 is 4.74 Å². The molecule has 4 rings (SSSR count). The molecule has 0 radical (unpaired) electrons. The molecule has 32 heavy (non-hydrogen) atoms. The molecule has 1 aliphatic rings. The van der Waals surface area contributed by atoms with Gasteiger partial charge in [0.1, 0.15) is 22.8 Å². The van der Waals surface area contributed by atoms with Crippen molar-refractivity contribution >= 4 is 17.3 Å². The fourth-order valence-electron chi connectivity index (χ4n) is 3.63. The molecule has 1 fully saturated rings. The standard InChI is InChI=1S/C22H21F3N4O3/c1-3-32-19-8-21-27-17(15-10-28(11-15)13(2)30)12-29(21)9-14(19)7-18(31)16-5-4-6-20(26-16)22(23,24)25/h4-6,8-9,12,15H,3,7,10-11H2,1-2H3. The molecule has 7 nitrogen and oxygen atoms in total. The minimum absolute atomic E-state index is 0.0210. The fraction of sp³-hybridized carbons (Fsp3) is 0.364. The number of ketones is 1. The van der Waals surface area contributed by atoms with Gasteiger partial charge in [0.25, 0.3) is 0 Å². The SMILES string of the molecule is CCOc1cc2nc(C3CN(C(C)=O)C3)cn2cc1CC(=O)c1cccc(C(F)(F)F)n1. The Hall–Kier alpha value is -3.43. The largest absolute Gasteiger partial charge is 0.493 e. The van der Waals surface area contributed by atoms with E-state index in [4.69, 9.17) is 4.74 Å². The lowest BCUT2D eigenvalue weighted by Gasteiger charge is -2.37. The molecule has 4 heterocycles. The van der Waals surface area contributed by atoms with Gasteiger partial charge in [-0.3, -0.25) is 9.59 Å². The first kappa shape index (κ1) is 21.8. The maximum atomic E-state index is 12.9. The molecule has 3 aromatic rings. The molecule has 1 saturated heterocycles. The van der Waals surface area contributed by atoms with Crippen molar-refractivity contribution in [2.45, 2.75) is 32.4 Å². The zero-order valence-corrected chi connectivity index (χ0v) is 17.5. The van der Waals surface area contributed by atoms with Crippen LogP contribution in [0.25, 0.3) is 5.65 Å². The van der Waals surface area contributed by atoms with E-state index in [0.29, 0.717) is 36.7 Å². The van der Waals surface area contributed by atoms with E-state index in [0.717, 1.165) is 11.8 Å². The summed E-state index contributed by atoms with van der Waals surface area (Å²) in [7, 11) is 0. The van der Waals surface area contributed by atoms with E-state index in [2.05, 4.69) is 9.97 Å². The summed E-state index contributed by atoms with van der Waals surface area (Å²) < 4.78 is 46.2. The number of alkyl halides is 3. The Morgan fingerprint density at radius 3 is 2.59 bits per heavy atom. The van der Waals surface area contributed by atoms with E-state index in [1.54, 1.807) is 28.5 Å². The highest BCUT2D eigenvalue weighted by Gasteiger charge is 2.33. The molecule has 3 aromatic heterocycles. The van der Waals surface area contributed by atoms with Crippen LogP contribution in [0.4, 0.5) is 13.2 Å². The van der Waals surface area contributed by atoms with E-state index < -0.39 is 17.7 Å². The van der Waals surface area contributed by atoms with E-state index >= 15 is 0 Å². The number of ether oxygens (including phenoxy) is 1. The highest BCUT2D eigenvalue weighted by molar-refractivity contribution is 5.96. The van der Waals surface area contributed by atoms with Crippen LogP contribution in [0.15, 0.2) is 36.7 Å². The number of amides is 1. The van der Waals surface area contributed by atoms with Crippen LogP contribution in [0.5, 0.6) is 5.75 Å². The Labute approximate surface area is 181 Å². The number of Topliss-reactive ketones (excluding diaryl/α,β-unsaturated/α-hetero) is 1. The van der Waals surface area contributed by atoms with Gasteiger partial charge in [-0.25, -0.2) is 9.97 Å². The molecule has 0 bridgehead atoms. The van der Waals surface area contributed by atoms with Crippen LogP contribution in [-0.4, -0.2) is 50.7 Å². The smallest absolute Gasteiger partial charge is 0.433 e. The first-order chi connectivity index (χ1) is 15.2. The van der Waals surface area contributed by atoms with Gasteiger partial charge in [0.15, 0.2) is 5.78 Å². The van der Waals surface area contributed by atoms with Crippen molar-refractivity contribution in [1.29, 1.82) is 0 Å². The van der Waals surface area contributed by atoms with Crippen molar-refractivity contribution in [1.82, 2.24) is 19.3 Å². The lowest BCUT2D eigenvalue weighted by molar-refractivity contribution is -0.141. The molecule has 0 unspecified atom stereocenters. The van der Waals surface area contributed by atoms with Crippen LogP contribution in [0.3, 0.4) is 0 Å². The van der Waals surface area contributed by atoms with Crippen LogP contribution in [0.1, 0.15) is 47.2 Å². The first-order valence-electron chi connectivity index (χ1n) is 10.1. The summed E-state index contributed by atoms with van der Waals surface area (Å²) in [4.78, 5) is 33.9. The van der Waals surface area contributed by atoms with Gasteiger partial charge in [-0.15, -0.1) is 0 Å². The molecule has 0 aromatic carbocycles. The van der Waals surface area contributed by atoms with Crippen molar-refractivity contribution in [3.63, 3.8) is 0 Å². The summed E-state index contributed by atoms with van der Waals surface area (Å²) in [6.45, 7) is 4.87. The number of rotatable bonds is 6. The molecule has 0 saturated carbocycles. The number of halogens is 3. The Morgan fingerprint density at radius 1 is 1.19 bits per heavy atom. The lowest BCUT2D eigenvalue weighted by Crippen LogP contribution is -2.47. The van der Waals surface area contributed by atoms with E-state index in [1.165, 1.54) is 19.1 Å². The fourth-order valence-corrected chi connectivity index (χ4v) is 3.63. The summed E-state index contributed by atoms with van der Waals surface area (Å²) in [5.74, 6) is 0.0469. The lowest BCUT2D eigenvalue weighted by atomic mass is 9.97. The third kappa shape index (κ3) is 4.30. The normalized spacial score (nSPS) is 14.5. The number of nitrogens with zero attached hydrogens (tertiary/aromatic N) is 4. The summed E-state index contributed by atoms with van der Waals surface area (Å²) in [6, 6.07) is 4.97. The maximum absolute atomic E-state index is 12.9. The van der Waals surface area contributed by atoms with Crippen LogP contribution in [0, 0.1) is 0 Å². The molecule has 168 valence electrons. The van der Waals surface area contributed by atoms with Gasteiger partial charge >= 0.3 is 6.18 Å². The first-order valence-corrected chi connectivity index (χ1v) is 10.1. The second-order valence-electron chi connectivity index (χ2n) is 7.65. The average molecular weight is 446 g/mol. The third-order valence-electron chi connectivity index (χ3n) is 5.37. The summed E-state index contributed by atoms with van der Waals surface area (Å²) in [5, 5.41) is 0. The number of pyridine rings is 2. The summed E-state index contributed by atoms with van der Waals surface area (Å²) in [5.41, 5.74) is 0.605. The molecular weight excluding hydrogens is 425 g/mol. The quantitative estimate of drug-likeness (QED) is 0.542. The number of imidazole rings is 1. The highest BCUT2D eigenvalue weighted by atomic mass is 19.4. The molecule has 0 spiro atoms.